The van der Waals surface area contributed by atoms with Crippen molar-refractivity contribution < 1.29 is 0 Å². The van der Waals surface area contributed by atoms with Gasteiger partial charge in [0.05, 0.1) is 23.8 Å². The van der Waals surface area contributed by atoms with Crippen molar-refractivity contribution in [2.24, 2.45) is 0 Å². The Balaban J connectivity index is 1.56. The summed E-state index contributed by atoms with van der Waals surface area (Å²) >= 11 is 0. The first kappa shape index (κ1) is 16.3. The van der Waals surface area contributed by atoms with Gasteiger partial charge in [0.1, 0.15) is 5.82 Å². The van der Waals surface area contributed by atoms with Crippen molar-refractivity contribution in [3.63, 3.8) is 0 Å². The molecule has 6 nitrogen and oxygen atoms in total. The minimum atomic E-state index is 0.105. The molecule has 0 amide bonds. The van der Waals surface area contributed by atoms with E-state index in [4.69, 9.17) is 4.98 Å². The normalized spacial score (nSPS) is 17.5. The van der Waals surface area contributed by atoms with Crippen LogP contribution < -0.4 is 0 Å². The van der Waals surface area contributed by atoms with Crippen molar-refractivity contribution >= 4 is 10.9 Å². The highest BCUT2D eigenvalue weighted by molar-refractivity contribution is 5.80. The summed E-state index contributed by atoms with van der Waals surface area (Å²) in [6, 6.07) is 10.8. The zero-order chi connectivity index (χ0) is 18.4. The van der Waals surface area contributed by atoms with E-state index in [1.54, 1.807) is 0 Å². The molecule has 3 N–H and O–H groups in total. The molecule has 4 aromatic rings. The van der Waals surface area contributed by atoms with Gasteiger partial charge in [-0.25, -0.2) is 9.97 Å². The smallest absolute Gasteiger partial charge is 0.106 e. The molecule has 27 heavy (non-hydrogen) atoms. The minimum Gasteiger partial charge on any atom is -0.357 e. The quantitative estimate of drug-likeness (QED) is 0.520. The van der Waals surface area contributed by atoms with Crippen LogP contribution >= 0.6 is 0 Å². The van der Waals surface area contributed by atoms with Gasteiger partial charge in [0.15, 0.2) is 0 Å². The van der Waals surface area contributed by atoms with Crippen molar-refractivity contribution in [2.45, 2.75) is 39.3 Å². The lowest BCUT2D eigenvalue weighted by molar-refractivity contribution is 0.195. The van der Waals surface area contributed by atoms with E-state index in [-0.39, 0.29) is 6.04 Å². The van der Waals surface area contributed by atoms with Gasteiger partial charge in [0.2, 0.25) is 0 Å². The second-order valence-corrected chi connectivity index (χ2v) is 7.31. The number of hydrogen-bond donors (Lipinski definition) is 3. The van der Waals surface area contributed by atoms with Gasteiger partial charge >= 0.3 is 0 Å². The van der Waals surface area contributed by atoms with E-state index in [2.05, 4.69) is 69.0 Å². The highest BCUT2D eigenvalue weighted by atomic mass is 15.2. The fourth-order valence-electron chi connectivity index (χ4n) is 4.16. The van der Waals surface area contributed by atoms with E-state index < -0.39 is 0 Å². The molecule has 138 valence electrons. The van der Waals surface area contributed by atoms with Crippen molar-refractivity contribution in [1.82, 2.24) is 29.8 Å². The number of imidazole rings is 2. The number of nitrogens with one attached hydrogen (secondary N) is 3. The topological polar surface area (TPSA) is 76.4 Å². The number of hydrogen-bond acceptors (Lipinski definition) is 3. The summed E-state index contributed by atoms with van der Waals surface area (Å²) in [5.41, 5.74) is 7.01. The first-order valence-corrected chi connectivity index (χ1v) is 9.61. The number of benzene rings is 1. The summed E-state index contributed by atoms with van der Waals surface area (Å²) in [4.78, 5) is 22.3. The molecule has 4 heterocycles. The highest BCUT2D eigenvalue weighted by Crippen LogP contribution is 2.35. The fraction of sp³-hybridized carbons (Fsp3) is 0.333. The second kappa shape index (κ2) is 6.39. The number of aromatic amines is 3. The Morgan fingerprint density at radius 1 is 1.22 bits per heavy atom. The molecule has 0 bridgehead atoms. The van der Waals surface area contributed by atoms with Crippen LogP contribution in [0.2, 0.25) is 0 Å². The first-order valence-electron chi connectivity index (χ1n) is 9.61. The second-order valence-electron chi connectivity index (χ2n) is 7.31. The van der Waals surface area contributed by atoms with Crippen LogP contribution in [-0.2, 0) is 19.4 Å². The van der Waals surface area contributed by atoms with Crippen molar-refractivity contribution in [1.29, 1.82) is 0 Å². The SMILES string of the molecule is CCc1nc(CN2CCc3[nH]cnc3[C@H]2c2cc3ccccc3[nH]2)c(C)[nH]1. The van der Waals surface area contributed by atoms with Crippen molar-refractivity contribution in [3.05, 3.63) is 71.0 Å². The molecule has 0 radical (unpaired) electrons. The Hall–Kier alpha value is -2.86. The third kappa shape index (κ3) is 2.77. The molecule has 6 heteroatoms. The molecule has 1 aliphatic heterocycles. The number of H-pyrrole nitrogens is 3. The van der Waals surface area contributed by atoms with E-state index in [1.807, 2.05) is 6.33 Å². The van der Waals surface area contributed by atoms with Gasteiger partial charge in [0, 0.05) is 48.5 Å². The number of aromatic nitrogens is 5. The van der Waals surface area contributed by atoms with E-state index >= 15 is 0 Å². The van der Waals surface area contributed by atoms with Gasteiger partial charge in [-0.3, -0.25) is 4.90 Å². The molecule has 3 aromatic heterocycles. The van der Waals surface area contributed by atoms with Crippen LogP contribution in [0.25, 0.3) is 10.9 Å². The molecule has 0 aliphatic carbocycles. The number of fused-ring (bicyclic) bond motifs is 2. The van der Waals surface area contributed by atoms with Crippen molar-refractivity contribution in [2.75, 3.05) is 6.54 Å². The predicted molar refractivity (Wildman–Crippen MR) is 106 cm³/mol. The van der Waals surface area contributed by atoms with E-state index in [0.717, 1.165) is 48.8 Å². The zero-order valence-electron chi connectivity index (χ0n) is 15.7. The molecule has 1 aromatic carbocycles. The predicted octanol–water partition coefficient (Wildman–Crippen LogP) is 3.63. The van der Waals surface area contributed by atoms with Crippen molar-refractivity contribution in [3.8, 4) is 0 Å². The molecular formula is C21H24N6. The van der Waals surface area contributed by atoms with Crippen LogP contribution in [0.4, 0.5) is 0 Å². The van der Waals surface area contributed by atoms with Crippen LogP contribution in [0.5, 0.6) is 0 Å². The third-order valence-corrected chi connectivity index (χ3v) is 5.59. The summed E-state index contributed by atoms with van der Waals surface area (Å²) in [6.07, 6.45) is 3.73. The first-order chi connectivity index (χ1) is 13.2. The van der Waals surface area contributed by atoms with E-state index in [9.17, 15) is 0 Å². The Morgan fingerprint density at radius 2 is 2.11 bits per heavy atom. The maximum absolute atomic E-state index is 4.80. The van der Waals surface area contributed by atoms with Crippen LogP contribution in [0.1, 0.15) is 47.3 Å². The Morgan fingerprint density at radius 3 is 2.93 bits per heavy atom. The van der Waals surface area contributed by atoms with E-state index in [1.165, 1.54) is 22.3 Å². The monoisotopic (exact) mass is 360 g/mol. The lowest BCUT2D eigenvalue weighted by atomic mass is 9.99. The molecule has 0 spiro atoms. The summed E-state index contributed by atoms with van der Waals surface area (Å²) in [7, 11) is 0. The molecule has 0 saturated carbocycles. The lowest BCUT2D eigenvalue weighted by Crippen LogP contribution is -2.36. The molecule has 1 atom stereocenters. The summed E-state index contributed by atoms with van der Waals surface area (Å²) in [5, 5.41) is 1.24. The number of rotatable bonds is 4. The van der Waals surface area contributed by atoms with Gasteiger partial charge in [0.25, 0.3) is 0 Å². The fourth-order valence-corrected chi connectivity index (χ4v) is 4.16. The summed E-state index contributed by atoms with van der Waals surface area (Å²) < 4.78 is 0. The van der Waals surface area contributed by atoms with Gasteiger partial charge in [-0.2, -0.15) is 0 Å². The number of para-hydroxylation sites is 1. The Bertz CT molecular complexity index is 1050. The van der Waals surface area contributed by atoms with Gasteiger partial charge in [-0.05, 0) is 24.4 Å². The van der Waals surface area contributed by atoms with Gasteiger partial charge in [-0.15, -0.1) is 0 Å². The molecular weight excluding hydrogens is 336 g/mol. The van der Waals surface area contributed by atoms with E-state index in [0.29, 0.717) is 0 Å². The van der Waals surface area contributed by atoms with Gasteiger partial charge in [-0.1, -0.05) is 25.1 Å². The van der Waals surface area contributed by atoms with Crippen LogP contribution in [0.15, 0.2) is 36.7 Å². The zero-order valence-corrected chi connectivity index (χ0v) is 15.7. The molecule has 5 rings (SSSR count). The Kier molecular flexibility index (Phi) is 3.86. The van der Waals surface area contributed by atoms with Gasteiger partial charge < -0.3 is 15.0 Å². The summed E-state index contributed by atoms with van der Waals surface area (Å²) in [6.45, 7) is 6.03. The van der Waals surface area contributed by atoms with Crippen LogP contribution in [0.3, 0.4) is 0 Å². The van der Waals surface area contributed by atoms with Crippen LogP contribution in [-0.4, -0.2) is 36.4 Å². The largest absolute Gasteiger partial charge is 0.357 e. The number of aryl methyl sites for hydroxylation is 2. The highest BCUT2D eigenvalue weighted by Gasteiger charge is 2.32. The average Bonchev–Trinajstić information content (AvgIpc) is 3.39. The minimum absolute atomic E-state index is 0.105. The molecule has 1 aliphatic rings. The Labute approximate surface area is 158 Å². The maximum atomic E-state index is 4.80. The standard InChI is InChI=1S/C21H24N6/c1-3-19-24-13(2)18(26-19)11-27-9-8-16-20(23-12-22-16)21(27)17-10-14-6-4-5-7-15(14)25-17/h4-7,10,12,21,25H,3,8-9,11H2,1-2H3,(H,22,23)(H,24,26)/t21-/m1/s1. The maximum Gasteiger partial charge on any atom is 0.106 e. The molecule has 0 fully saturated rings. The average molecular weight is 360 g/mol. The summed E-state index contributed by atoms with van der Waals surface area (Å²) in [5.74, 6) is 1.06. The lowest BCUT2D eigenvalue weighted by Gasteiger charge is -2.34. The third-order valence-electron chi connectivity index (χ3n) is 5.59. The molecule has 0 saturated heterocycles. The van der Waals surface area contributed by atoms with Crippen LogP contribution in [0, 0.1) is 6.92 Å². The number of nitrogens with zero attached hydrogens (tertiary/aromatic N) is 3. The molecule has 0 unspecified atom stereocenters.